The molecule has 0 aromatic rings. The highest BCUT2D eigenvalue weighted by Gasteiger charge is 2.07. The Morgan fingerprint density at radius 1 is 1.42 bits per heavy atom. The molecule has 3 nitrogen and oxygen atoms in total. The highest BCUT2D eigenvalue weighted by atomic mass is 16.1. The van der Waals surface area contributed by atoms with E-state index in [4.69, 9.17) is 0 Å². The average molecular weight is 172 g/mol. The van der Waals surface area contributed by atoms with Crippen molar-refractivity contribution in [2.75, 3.05) is 13.6 Å². The topological polar surface area (TPSA) is 41.1 Å². The van der Waals surface area contributed by atoms with Gasteiger partial charge in [0.1, 0.15) is 0 Å². The molecular weight excluding hydrogens is 152 g/mol. The molecule has 1 atom stereocenters. The van der Waals surface area contributed by atoms with Crippen LogP contribution < -0.4 is 10.6 Å². The largest absolute Gasteiger partial charge is 0.352 e. The lowest BCUT2D eigenvalue weighted by Crippen LogP contribution is -2.39. The van der Waals surface area contributed by atoms with Crippen LogP contribution in [0.25, 0.3) is 0 Å². The number of hydrogen-bond acceptors (Lipinski definition) is 2. The number of rotatable bonds is 6. The van der Waals surface area contributed by atoms with E-state index in [-0.39, 0.29) is 5.91 Å². The molecule has 0 rings (SSSR count). The van der Waals surface area contributed by atoms with E-state index in [0.29, 0.717) is 12.6 Å². The second kappa shape index (κ2) is 7.10. The Morgan fingerprint density at radius 2 is 2.08 bits per heavy atom. The fourth-order valence-corrected chi connectivity index (χ4v) is 1.17. The Balaban J connectivity index is 3.61. The Bertz CT molecular complexity index is 126. The van der Waals surface area contributed by atoms with Crippen LogP contribution in [0.15, 0.2) is 0 Å². The number of carbonyl (C=O) groups is 1. The SMILES string of the molecule is CCCC(CC)NC(=O)CNC. The molecule has 0 radical (unpaired) electrons. The van der Waals surface area contributed by atoms with Crippen molar-refractivity contribution in [2.45, 2.75) is 39.2 Å². The molecule has 12 heavy (non-hydrogen) atoms. The summed E-state index contributed by atoms with van der Waals surface area (Å²) in [6.45, 7) is 4.65. The first kappa shape index (κ1) is 11.4. The van der Waals surface area contributed by atoms with E-state index in [9.17, 15) is 4.79 Å². The van der Waals surface area contributed by atoms with Crippen LogP contribution in [0.5, 0.6) is 0 Å². The smallest absolute Gasteiger partial charge is 0.234 e. The summed E-state index contributed by atoms with van der Waals surface area (Å²) in [5.41, 5.74) is 0. The minimum atomic E-state index is 0.0952. The van der Waals surface area contributed by atoms with E-state index in [1.165, 1.54) is 0 Å². The fraction of sp³-hybridized carbons (Fsp3) is 0.889. The quantitative estimate of drug-likeness (QED) is 0.625. The van der Waals surface area contributed by atoms with Gasteiger partial charge in [0.15, 0.2) is 0 Å². The molecule has 0 saturated heterocycles. The normalized spacial score (nSPS) is 12.6. The summed E-state index contributed by atoms with van der Waals surface area (Å²) in [6.07, 6.45) is 3.22. The molecule has 0 fully saturated rings. The summed E-state index contributed by atoms with van der Waals surface area (Å²) in [5, 5.41) is 5.79. The van der Waals surface area contributed by atoms with E-state index >= 15 is 0 Å². The molecular formula is C9H20N2O. The van der Waals surface area contributed by atoms with Crippen molar-refractivity contribution in [3.63, 3.8) is 0 Å². The third-order valence-corrected chi connectivity index (χ3v) is 1.83. The van der Waals surface area contributed by atoms with Gasteiger partial charge in [0, 0.05) is 6.04 Å². The van der Waals surface area contributed by atoms with Crippen LogP contribution in [0, 0.1) is 0 Å². The molecule has 1 unspecified atom stereocenters. The van der Waals surface area contributed by atoms with Crippen molar-refractivity contribution < 1.29 is 4.79 Å². The van der Waals surface area contributed by atoms with E-state index < -0.39 is 0 Å². The van der Waals surface area contributed by atoms with Gasteiger partial charge in [-0.25, -0.2) is 0 Å². The maximum atomic E-state index is 11.1. The molecule has 0 bridgehead atoms. The Hall–Kier alpha value is -0.570. The Kier molecular flexibility index (Phi) is 6.76. The van der Waals surface area contributed by atoms with Crippen LogP contribution >= 0.6 is 0 Å². The lowest BCUT2D eigenvalue weighted by molar-refractivity contribution is -0.120. The van der Waals surface area contributed by atoms with Crippen LogP contribution in [0.3, 0.4) is 0 Å². The van der Waals surface area contributed by atoms with E-state index in [0.717, 1.165) is 19.3 Å². The lowest BCUT2D eigenvalue weighted by atomic mass is 10.1. The van der Waals surface area contributed by atoms with E-state index in [2.05, 4.69) is 24.5 Å². The number of nitrogens with one attached hydrogen (secondary N) is 2. The first-order valence-corrected chi connectivity index (χ1v) is 4.68. The second-order valence-corrected chi connectivity index (χ2v) is 2.99. The molecule has 0 aromatic carbocycles. The van der Waals surface area contributed by atoms with Gasteiger partial charge >= 0.3 is 0 Å². The predicted molar refractivity (Wildman–Crippen MR) is 51.1 cm³/mol. The van der Waals surface area contributed by atoms with Gasteiger partial charge < -0.3 is 10.6 Å². The molecule has 1 amide bonds. The zero-order valence-electron chi connectivity index (χ0n) is 8.31. The van der Waals surface area contributed by atoms with Crippen molar-refractivity contribution in [2.24, 2.45) is 0 Å². The minimum Gasteiger partial charge on any atom is -0.352 e. The van der Waals surface area contributed by atoms with Crippen LogP contribution in [0.4, 0.5) is 0 Å². The summed E-state index contributed by atoms with van der Waals surface area (Å²) in [5.74, 6) is 0.0952. The molecule has 3 heteroatoms. The summed E-state index contributed by atoms with van der Waals surface area (Å²) >= 11 is 0. The predicted octanol–water partition coefficient (Wildman–Crippen LogP) is 0.901. The molecule has 0 aliphatic rings. The highest BCUT2D eigenvalue weighted by Crippen LogP contribution is 1.99. The van der Waals surface area contributed by atoms with Gasteiger partial charge in [-0.05, 0) is 19.9 Å². The Morgan fingerprint density at radius 3 is 2.50 bits per heavy atom. The number of hydrogen-bond donors (Lipinski definition) is 2. The molecule has 0 aliphatic carbocycles. The molecule has 0 spiro atoms. The zero-order valence-corrected chi connectivity index (χ0v) is 8.31. The molecule has 0 aromatic heterocycles. The van der Waals surface area contributed by atoms with Gasteiger partial charge in [0.05, 0.1) is 6.54 Å². The van der Waals surface area contributed by atoms with Crippen LogP contribution in [0.2, 0.25) is 0 Å². The maximum absolute atomic E-state index is 11.1. The second-order valence-electron chi connectivity index (χ2n) is 2.99. The molecule has 2 N–H and O–H groups in total. The van der Waals surface area contributed by atoms with Crippen LogP contribution in [-0.4, -0.2) is 25.5 Å². The molecule has 0 heterocycles. The van der Waals surface area contributed by atoms with Crippen molar-refractivity contribution in [3.05, 3.63) is 0 Å². The number of amides is 1. The molecule has 0 aliphatic heterocycles. The van der Waals surface area contributed by atoms with Crippen LogP contribution in [-0.2, 0) is 4.79 Å². The first-order chi connectivity index (χ1) is 5.74. The monoisotopic (exact) mass is 172 g/mol. The van der Waals surface area contributed by atoms with Crippen LogP contribution in [0.1, 0.15) is 33.1 Å². The van der Waals surface area contributed by atoms with Gasteiger partial charge in [-0.15, -0.1) is 0 Å². The van der Waals surface area contributed by atoms with E-state index in [1.54, 1.807) is 7.05 Å². The van der Waals surface area contributed by atoms with Gasteiger partial charge in [0.2, 0.25) is 5.91 Å². The van der Waals surface area contributed by atoms with Gasteiger partial charge in [-0.3, -0.25) is 4.79 Å². The third-order valence-electron chi connectivity index (χ3n) is 1.83. The van der Waals surface area contributed by atoms with E-state index in [1.807, 2.05) is 0 Å². The standard InChI is InChI=1S/C9H20N2O/c1-4-6-8(5-2)11-9(12)7-10-3/h8,10H,4-7H2,1-3H3,(H,11,12). The van der Waals surface area contributed by atoms with Gasteiger partial charge in [-0.2, -0.15) is 0 Å². The third kappa shape index (κ3) is 5.13. The average Bonchev–Trinajstić information content (AvgIpc) is 2.04. The van der Waals surface area contributed by atoms with Crippen molar-refractivity contribution in [3.8, 4) is 0 Å². The Labute approximate surface area is 74.9 Å². The maximum Gasteiger partial charge on any atom is 0.234 e. The van der Waals surface area contributed by atoms with Crippen molar-refractivity contribution >= 4 is 5.91 Å². The minimum absolute atomic E-state index is 0.0952. The first-order valence-electron chi connectivity index (χ1n) is 4.68. The summed E-state index contributed by atoms with van der Waals surface area (Å²) < 4.78 is 0. The summed E-state index contributed by atoms with van der Waals surface area (Å²) in [4.78, 5) is 11.1. The highest BCUT2D eigenvalue weighted by molar-refractivity contribution is 5.78. The van der Waals surface area contributed by atoms with Gasteiger partial charge in [0.25, 0.3) is 0 Å². The molecule has 0 saturated carbocycles. The summed E-state index contributed by atoms with van der Waals surface area (Å²) in [7, 11) is 1.78. The summed E-state index contributed by atoms with van der Waals surface area (Å²) in [6, 6.07) is 0.357. The van der Waals surface area contributed by atoms with Gasteiger partial charge in [-0.1, -0.05) is 20.3 Å². The van der Waals surface area contributed by atoms with Crippen molar-refractivity contribution in [1.29, 1.82) is 0 Å². The number of likely N-dealkylation sites (N-methyl/N-ethyl adjacent to an activating group) is 1. The number of carbonyl (C=O) groups excluding carboxylic acids is 1. The zero-order chi connectivity index (χ0) is 9.40. The fourth-order valence-electron chi connectivity index (χ4n) is 1.17. The van der Waals surface area contributed by atoms with Crippen molar-refractivity contribution in [1.82, 2.24) is 10.6 Å². The molecule has 72 valence electrons. The lowest BCUT2D eigenvalue weighted by Gasteiger charge is -2.15.